The molecule has 0 aliphatic carbocycles. The maximum absolute atomic E-state index is 13.3. The van der Waals surface area contributed by atoms with Crippen LogP contribution in [0.4, 0.5) is 5.69 Å². The normalized spacial score (nSPS) is 10.8. The van der Waals surface area contributed by atoms with Crippen LogP contribution in [0, 0.1) is 0 Å². The van der Waals surface area contributed by atoms with Crippen molar-refractivity contribution in [1.29, 1.82) is 0 Å². The summed E-state index contributed by atoms with van der Waals surface area (Å²) in [6.45, 7) is 0. The van der Waals surface area contributed by atoms with Crippen molar-refractivity contribution in [2.75, 3.05) is 5.32 Å². The molecule has 0 saturated carbocycles. The van der Waals surface area contributed by atoms with Crippen molar-refractivity contribution < 1.29 is 9.59 Å². The number of anilines is 1. The van der Waals surface area contributed by atoms with Gasteiger partial charge >= 0.3 is 0 Å². The number of pyridine rings is 1. The first-order chi connectivity index (χ1) is 18.7. The molecule has 8 nitrogen and oxygen atoms in total. The minimum absolute atomic E-state index is 0.208. The first-order valence-electron chi connectivity index (χ1n) is 11.9. The summed E-state index contributed by atoms with van der Waals surface area (Å²) in [5, 5.41) is 16.1. The van der Waals surface area contributed by atoms with E-state index in [4.69, 9.17) is 5.10 Å². The van der Waals surface area contributed by atoms with Crippen molar-refractivity contribution in [3.05, 3.63) is 132 Å². The van der Waals surface area contributed by atoms with Crippen molar-refractivity contribution in [2.24, 2.45) is 0 Å². The number of nitrogens with zero attached hydrogens (tertiary/aromatic N) is 5. The van der Waals surface area contributed by atoms with E-state index in [1.807, 2.05) is 54.6 Å². The summed E-state index contributed by atoms with van der Waals surface area (Å²) in [4.78, 5) is 30.7. The van der Waals surface area contributed by atoms with Crippen LogP contribution in [0.5, 0.6) is 0 Å². The predicted molar refractivity (Wildman–Crippen MR) is 144 cm³/mol. The van der Waals surface area contributed by atoms with Crippen LogP contribution in [-0.4, -0.2) is 36.5 Å². The van der Waals surface area contributed by atoms with E-state index < -0.39 is 0 Å². The Morgan fingerprint density at radius 3 is 2.29 bits per heavy atom. The van der Waals surface area contributed by atoms with Gasteiger partial charge in [0.2, 0.25) is 5.82 Å². The number of aromatic nitrogens is 5. The number of hydrogen-bond acceptors (Lipinski definition) is 6. The second-order valence-electron chi connectivity index (χ2n) is 8.50. The lowest BCUT2D eigenvalue weighted by atomic mass is 9.98. The molecule has 0 saturated heterocycles. The molecule has 0 aliphatic rings. The van der Waals surface area contributed by atoms with Gasteiger partial charge < -0.3 is 5.32 Å². The Morgan fingerprint density at radius 1 is 0.684 bits per heavy atom. The van der Waals surface area contributed by atoms with Gasteiger partial charge in [-0.05, 0) is 42.5 Å². The standard InChI is InChI=1S/C30H20N6O2/c37-28(20-9-2-1-3-10-20)23-13-4-5-14-24(23)30(38)32-22-12-8-11-21(19-22)25-16-17-27-33-34-29(36(27)35-25)26-15-6-7-18-31-26/h1-19H,(H,32,38). The first kappa shape index (κ1) is 22.9. The number of benzene rings is 3. The molecule has 38 heavy (non-hydrogen) atoms. The lowest BCUT2D eigenvalue weighted by Gasteiger charge is -2.11. The van der Waals surface area contributed by atoms with Crippen molar-refractivity contribution in [2.45, 2.75) is 0 Å². The Labute approximate surface area is 217 Å². The van der Waals surface area contributed by atoms with Crippen LogP contribution in [0.15, 0.2) is 115 Å². The van der Waals surface area contributed by atoms with Crippen LogP contribution >= 0.6 is 0 Å². The molecule has 0 aliphatic heterocycles. The van der Waals surface area contributed by atoms with Gasteiger partial charge in [0.05, 0.1) is 11.3 Å². The van der Waals surface area contributed by atoms with Crippen LogP contribution in [0.2, 0.25) is 0 Å². The van der Waals surface area contributed by atoms with Crippen LogP contribution in [0.3, 0.4) is 0 Å². The van der Waals surface area contributed by atoms with E-state index >= 15 is 0 Å². The van der Waals surface area contributed by atoms with Crippen LogP contribution in [0.25, 0.3) is 28.4 Å². The van der Waals surface area contributed by atoms with Crippen molar-refractivity contribution in [1.82, 2.24) is 24.8 Å². The van der Waals surface area contributed by atoms with Gasteiger partial charge in [-0.15, -0.1) is 10.2 Å². The summed E-state index contributed by atoms with van der Waals surface area (Å²) >= 11 is 0. The number of carbonyl (C=O) groups excluding carboxylic acids is 2. The SMILES string of the molecule is O=C(Nc1cccc(-c2ccc3nnc(-c4ccccn4)n3n2)c1)c1ccccc1C(=O)c1ccccc1. The average molecular weight is 497 g/mol. The third-order valence-electron chi connectivity index (χ3n) is 6.03. The van der Waals surface area contributed by atoms with Gasteiger partial charge in [0.15, 0.2) is 11.4 Å². The monoisotopic (exact) mass is 496 g/mol. The molecule has 3 aromatic heterocycles. The van der Waals surface area contributed by atoms with Crippen molar-refractivity contribution >= 4 is 23.0 Å². The fourth-order valence-corrected chi connectivity index (χ4v) is 4.18. The third-order valence-corrected chi connectivity index (χ3v) is 6.03. The number of amides is 1. The molecule has 1 N–H and O–H groups in total. The molecule has 0 radical (unpaired) electrons. The van der Waals surface area contributed by atoms with Crippen molar-refractivity contribution in [3.63, 3.8) is 0 Å². The quantitative estimate of drug-likeness (QED) is 0.313. The lowest BCUT2D eigenvalue weighted by molar-refractivity contribution is 0.0996. The molecule has 6 rings (SSSR count). The van der Waals surface area contributed by atoms with E-state index in [0.717, 1.165) is 5.56 Å². The number of nitrogens with one attached hydrogen (secondary N) is 1. The average Bonchev–Trinajstić information content (AvgIpc) is 3.41. The molecule has 1 amide bonds. The first-order valence-corrected chi connectivity index (χ1v) is 11.9. The van der Waals surface area contributed by atoms with E-state index in [-0.39, 0.29) is 11.7 Å². The zero-order chi connectivity index (χ0) is 25.9. The van der Waals surface area contributed by atoms with Gasteiger partial charge in [-0.2, -0.15) is 9.61 Å². The molecule has 0 fully saturated rings. The van der Waals surface area contributed by atoms with E-state index in [0.29, 0.717) is 45.2 Å². The number of fused-ring (bicyclic) bond motifs is 1. The topological polar surface area (TPSA) is 102 Å². The minimum atomic E-state index is -0.373. The zero-order valence-electron chi connectivity index (χ0n) is 20.0. The predicted octanol–water partition coefficient (Wildman–Crippen LogP) is 5.34. The second-order valence-corrected chi connectivity index (χ2v) is 8.50. The van der Waals surface area contributed by atoms with Crippen LogP contribution in [-0.2, 0) is 0 Å². The van der Waals surface area contributed by atoms with E-state index in [1.165, 1.54) is 0 Å². The van der Waals surface area contributed by atoms with Gasteiger partial charge in [-0.1, -0.05) is 66.7 Å². The Balaban J connectivity index is 1.29. The smallest absolute Gasteiger partial charge is 0.256 e. The van der Waals surface area contributed by atoms with Crippen LogP contribution < -0.4 is 5.32 Å². The summed E-state index contributed by atoms with van der Waals surface area (Å²) in [5.41, 5.74) is 4.46. The van der Waals surface area contributed by atoms with Crippen molar-refractivity contribution in [3.8, 4) is 22.8 Å². The highest BCUT2D eigenvalue weighted by Crippen LogP contribution is 2.24. The molecule has 182 valence electrons. The molecular weight excluding hydrogens is 476 g/mol. The van der Waals surface area contributed by atoms with Gasteiger partial charge in [0, 0.05) is 28.6 Å². The highest BCUT2D eigenvalue weighted by atomic mass is 16.2. The van der Waals surface area contributed by atoms with E-state index in [2.05, 4.69) is 20.5 Å². The Morgan fingerprint density at radius 2 is 1.47 bits per heavy atom. The Bertz CT molecular complexity index is 1780. The highest BCUT2D eigenvalue weighted by molar-refractivity contribution is 6.17. The number of ketones is 1. The fourth-order valence-electron chi connectivity index (χ4n) is 4.18. The van der Waals surface area contributed by atoms with E-state index in [1.54, 1.807) is 65.3 Å². The summed E-state index contributed by atoms with van der Waals surface area (Å²) in [6, 6.07) is 32.3. The number of carbonyl (C=O) groups is 2. The van der Waals surface area contributed by atoms with Crippen LogP contribution in [0.1, 0.15) is 26.3 Å². The molecule has 3 heterocycles. The Kier molecular flexibility index (Phi) is 5.95. The molecule has 3 aromatic carbocycles. The van der Waals surface area contributed by atoms with E-state index in [9.17, 15) is 9.59 Å². The van der Waals surface area contributed by atoms with Gasteiger partial charge in [-0.25, -0.2) is 0 Å². The third kappa shape index (κ3) is 4.42. The van der Waals surface area contributed by atoms with Gasteiger partial charge in [-0.3, -0.25) is 14.6 Å². The highest BCUT2D eigenvalue weighted by Gasteiger charge is 2.18. The summed E-state index contributed by atoms with van der Waals surface area (Å²) < 4.78 is 1.65. The molecule has 0 bridgehead atoms. The number of hydrogen-bond donors (Lipinski definition) is 1. The molecule has 8 heteroatoms. The molecule has 0 spiro atoms. The lowest BCUT2D eigenvalue weighted by Crippen LogP contribution is -2.17. The maximum Gasteiger partial charge on any atom is 0.256 e. The molecule has 6 aromatic rings. The summed E-state index contributed by atoms with van der Waals surface area (Å²) in [5.74, 6) is -0.0476. The largest absolute Gasteiger partial charge is 0.322 e. The maximum atomic E-state index is 13.3. The minimum Gasteiger partial charge on any atom is -0.322 e. The Hall–Kier alpha value is -5.50. The fraction of sp³-hybridized carbons (Fsp3) is 0. The summed E-state index contributed by atoms with van der Waals surface area (Å²) in [7, 11) is 0. The molecule has 0 unspecified atom stereocenters. The number of rotatable bonds is 6. The summed E-state index contributed by atoms with van der Waals surface area (Å²) in [6.07, 6.45) is 1.69. The van der Waals surface area contributed by atoms with Gasteiger partial charge in [0.25, 0.3) is 5.91 Å². The second kappa shape index (κ2) is 9.87. The molecular formula is C30H20N6O2. The molecule has 0 atom stereocenters. The van der Waals surface area contributed by atoms with Gasteiger partial charge in [0.1, 0.15) is 5.69 Å². The zero-order valence-corrected chi connectivity index (χ0v) is 20.0.